The van der Waals surface area contributed by atoms with Crippen LogP contribution in [0.15, 0.2) is 53.7 Å². The lowest BCUT2D eigenvalue weighted by Gasteiger charge is -2.37. The molecule has 2 aromatic heterocycles. The number of nitrogens with zero attached hydrogens (tertiary/aromatic N) is 5. The molecule has 0 spiro atoms. The Bertz CT molecular complexity index is 1490. The van der Waals surface area contributed by atoms with Crippen LogP contribution in [0.2, 0.25) is 0 Å². The van der Waals surface area contributed by atoms with Crippen LogP contribution in [0.25, 0.3) is 21.9 Å². The van der Waals surface area contributed by atoms with E-state index >= 15 is 4.39 Å². The normalized spacial score (nSPS) is 15.6. The van der Waals surface area contributed by atoms with Crippen molar-refractivity contribution in [2.45, 2.75) is 26.1 Å². The lowest BCUT2D eigenvalue weighted by atomic mass is 10.1. The van der Waals surface area contributed by atoms with E-state index in [1.54, 1.807) is 17.0 Å². The highest BCUT2D eigenvalue weighted by Crippen LogP contribution is 2.26. The molecule has 4 aromatic rings. The first-order valence-corrected chi connectivity index (χ1v) is 12.0. The molecule has 0 aliphatic carbocycles. The molecule has 36 heavy (non-hydrogen) atoms. The van der Waals surface area contributed by atoms with E-state index in [9.17, 15) is 19.8 Å². The minimum atomic E-state index is -1.33. The fourth-order valence-electron chi connectivity index (χ4n) is 4.97. The van der Waals surface area contributed by atoms with Crippen molar-refractivity contribution in [3.8, 4) is 0 Å². The van der Waals surface area contributed by atoms with Gasteiger partial charge < -0.3 is 24.2 Å². The summed E-state index contributed by atoms with van der Waals surface area (Å²) < 4.78 is 18.7. The summed E-state index contributed by atoms with van der Waals surface area (Å²) in [6.07, 6.45) is 2.48. The number of fused-ring (bicyclic) bond motifs is 2. The molecule has 2 N–H and O–H groups in total. The third-order valence-electron chi connectivity index (χ3n) is 6.84. The number of carboxylic acids is 1. The first-order chi connectivity index (χ1) is 17.4. The molecule has 1 aliphatic heterocycles. The molecule has 10 heteroatoms. The molecule has 5 rings (SSSR count). The Morgan fingerprint density at radius 2 is 1.83 bits per heavy atom. The van der Waals surface area contributed by atoms with Crippen LogP contribution in [0.4, 0.5) is 10.1 Å². The van der Waals surface area contributed by atoms with Crippen molar-refractivity contribution < 1.29 is 19.4 Å². The summed E-state index contributed by atoms with van der Waals surface area (Å²) >= 11 is 0. The molecule has 1 atom stereocenters. The summed E-state index contributed by atoms with van der Waals surface area (Å²) in [5.74, 6) is -1.88. The molecule has 9 nitrogen and oxygen atoms in total. The van der Waals surface area contributed by atoms with E-state index in [0.29, 0.717) is 57.0 Å². The van der Waals surface area contributed by atoms with Gasteiger partial charge in [0.15, 0.2) is 0 Å². The predicted octanol–water partition coefficient (Wildman–Crippen LogP) is 2.39. The Hall–Kier alpha value is -3.76. The number of hydrogen-bond acceptors (Lipinski definition) is 6. The molecule has 1 saturated heterocycles. The maximum atomic E-state index is 15.1. The number of aliphatic hydroxyl groups is 1. The molecule has 1 aliphatic rings. The van der Waals surface area contributed by atoms with Crippen LogP contribution in [0.3, 0.4) is 0 Å². The number of aromatic carboxylic acids is 1. The quantitative estimate of drug-likeness (QED) is 0.407. The van der Waals surface area contributed by atoms with Gasteiger partial charge in [0.25, 0.3) is 0 Å². The number of aromatic nitrogens is 3. The van der Waals surface area contributed by atoms with Gasteiger partial charge in [0.1, 0.15) is 11.4 Å². The zero-order valence-electron chi connectivity index (χ0n) is 20.0. The summed E-state index contributed by atoms with van der Waals surface area (Å²) in [5, 5.41) is 20.1. The number of anilines is 1. The number of halogens is 1. The maximum Gasteiger partial charge on any atom is 0.341 e. The zero-order chi connectivity index (χ0) is 25.4. The number of imidazole rings is 1. The van der Waals surface area contributed by atoms with Gasteiger partial charge in [0.2, 0.25) is 5.43 Å². The highest BCUT2D eigenvalue weighted by atomic mass is 19.1. The Morgan fingerprint density at radius 3 is 2.56 bits per heavy atom. The van der Waals surface area contributed by atoms with E-state index < -0.39 is 23.3 Å². The molecular weight excluding hydrogens is 465 g/mol. The number of piperazine rings is 1. The van der Waals surface area contributed by atoms with E-state index in [1.165, 1.54) is 6.20 Å². The van der Waals surface area contributed by atoms with Gasteiger partial charge in [-0.15, -0.1) is 0 Å². The summed E-state index contributed by atoms with van der Waals surface area (Å²) in [6.45, 7) is 5.64. The van der Waals surface area contributed by atoms with Crippen molar-refractivity contribution in [3.05, 3.63) is 70.5 Å². The number of carboxylic acid groups (broad SMARTS) is 1. The lowest BCUT2D eigenvalue weighted by molar-refractivity contribution is 0.0694. The monoisotopic (exact) mass is 493 g/mol. The van der Waals surface area contributed by atoms with Gasteiger partial charge in [-0.05, 0) is 31.2 Å². The number of aliphatic hydroxyl groups excluding tert-OH is 1. The van der Waals surface area contributed by atoms with Gasteiger partial charge in [-0.25, -0.2) is 14.2 Å². The number of pyridine rings is 1. The second-order valence-corrected chi connectivity index (χ2v) is 9.11. The van der Waals surface area contributed by atoms with Gasteiger partial charge in [0, 0.05) is 50.9 Å². The Balaban J connectivity index is 1.28. The summed E-state index contributed by atoms with van der Waals surface area (Å²) in [6, 6.07) is 10.6. The Morgan fingerprint density at radius 1 is 1.08 bits per heavy atom. The van der Waals surface area contributed by atoms with Crippen molar-refractivity contribution >= 4 is 33.6 Å². The predicted molar refractivity (Wildman–Crippen MR) is 135 cm³/mol. The fourth-order valence-corrected chi connectivity index (χ4v) is 4.97. The number of aryl methyl sites for hydroxylation is 1. The maximum absolute atomic E-state index is 15.1. The topological polar surface area (TPSA) is 104 Å². The van der Waals surface area contributed by atoms with Crippen LogP contribution < -0.4 is 10.3 Å². The average molecular weight is 494 g/mol. The number of carbonyl (C=O) groups is 1. The van der Waals surface area contributed by atoms with Crippen molar-refractivity contribution in [2.24, 2.45) is 0 Å². The zero-order valence-corrected chi connectivity index (χ0v) is 20.0. The van der Waals surface area contributed by atoms with Crippen LogP contribution in [0, 0.1) is 5.82 Å². The third-order valence-corrected chi connectivity index (χ3v) is 6.84. The summed E-state index contributed by atoms with van der Waals surface area (Å²) in [5.41, 5.74) is 1.72. The van der Waals surface area contributed by atoms with Gasteiger partial charge >= 0.3 is 5.97 Å². The smallest absolute Gasteiger partial charge is 0.341 e. The molecular formula is C26H28FN5O4. The van der Waals surface area contributed by atoms with E-state index in [-0.39, 0.29) is 10.9 Å². The van der Waals surface area contributed by atoms with Crippen molar-refractivity contribution in [3.63, 3.8) is 0 Å². The molecule has 188 valence electrons. The lowest BCUT2D eigenvalue weighted by Crippen LogP contribution is -2.49. The highest BCUT2D eigenvalue weighted by Gasteiger charge is 2.24. The number of para-hydroxylation sites is 2. The molecule has 1 unspecified atom stereocenters. The van der Waals surface area contributed by atoms with Crippen molar-refractivity contribution in [2.75, 3.05) is 37.6 Å². The highest BCUT2D eigenvalue weighted by molar-refractivity contribution is 5.93. The number of hydrogen-bond donors (Lipinski definition) is 2. The Labute approximate surface area is 206 Å². The molecule has 3 heterocycles. The number of β-amino-alcohol motifs (C(OH)–C–C–N with tert-alkyl or cyclic N) is 1. The third kappa shape index (κ3) is 4.45. The van der Waals surface area contributed by atoms with E-state index in [4.69, 9.17) is 0 Å². The molecule has 0 bridgehead atoms. The fraction of sp³-hybridized carbons (Fsp3) is 0.346. The summed E-state index contributed by atoms with van der Waals surface area (Å²) in [4.78, 5) is 32.5. The van der Waals surface area contributed by atoms with Crippen LogP contribution in [-0.4, -0.2) is 74.0 Å². The Kier molecular flexibility index (Phi) is 6.46. The largest absolute Gasteiger partial charge is 0.477 e. The minimum Gasteiger partial charge on any atom is -0.477 e. The minimum absolute atomic E-state index is 0.0618. The summed E-state index contributed by atoms with van der Waals surface area (Å²) in [7, 11) is 0. The average Bonchev–Trinajstić information content (AvgIpc) is 3.27. The van der Waals surface area contributed by atoms with E-state index in [1.807, 2.05) is 40.7 Å². The first-order valence-electron chi connectivity index (χ1n) is 12.0. The van der Waals surface area contributed by atoms with Crippen molar-refractivity contribution in [1.82, 2.24) is 19.0 Å². The molecule has 2 aromatic carbocycles. The molecule has 1 fully saturated rings. The van der Waals surface area contributed by atoms with Crippen LogP contribution in [0.5, 0.6) is 0 Å². The first kappa shape index (κ1) is 24.0. The molecule has 0 amide bonds. The van der Waals surface area contributed by atoms with Gasteiger partial charge in [-0.2, -0.15) is 0 Å². The van der Waals surface area contributed by atoms with E-state index in [2.05, 4.69) is 9.88 Å². The van der Waals surface area contributed by atoms with Crippen LogP contribution in [0.1, 0.15) is 17.3 Å². The van der Waals surface area contributed by atoms with Gasteiger partial charge in [-0.3, -0.25) is 9.69 Å². The van der Waals surface area contributed by atoms with Crippen LogP contribution >= 0.6 is 0 Å². The second-order valence-electron chi connectivity index (χ2n) is 9.11. The SMILES string of the molecule is CCn1cc(C(=O)O)c(=O)c2cc(F)c(N3CCN(CC(O)Cn4cnc5ccccc54)CC3)cc21. The molecule has 0 saturated carbocycles. The second kappa shape index (κ2) is 9.71. The number of benzene rings is 2. The number of rotatable bonds is 7. The van der Waals surface area contributed by atoms with Crippen molar-refractivity contribution in [1.29, 1.82) is 0 Å². The van der Waals surface area contributed by atoms with E-state index in [0.717, 1.165) is 17.1 Å². The van der Waals surface area contributed by atoms with Crippen LogP contribution in [-0.2, 0) is 13.1 Å². The van der Waals surface area contributed by atoms with Gasteiger partial charge in [0.05, 0.1) is 41.2 Å². The molecule has 0 radical (unpaired) electrons. The van der Waals surface area contributed by atoms with Gasteiger partial charge in [-0.1, -0.05) is 12.1 Å². The standard InChI is InChI=1S/C26H28FN5O4/c1-2-30-15-19(26(35)36)25(34)18-11-20(27)24(12-23(18)30)31-9-7-29(8-10-31)13-17(33)14-32-16-28-21-5-3-4-6-22(21)32/h3-6,11-12,15-17,33H,2,7-10,13-14H2,1H3,(H,35,36).